The molecule has 0 spiro atoms. The highest BCUT2D eigenvalue weighted by Crippen LogP contribution is 2.12. The summed E-state index contributed by atoms with van der Waals surface area (Å²) < 4.78 is 11.9. The van der Waals surface area contributed by atoms with Gasteiger partial charge in [-0.15, -0.1) is 12.6 Å². The van der Waals surface area contributed by atoms with E-state index in [9.17, 15) is 0 Å². The van der Waals surface area contributed by atoms with Crippen molar-refractivity contribution in [2.75, 3.05) is 32.9 Å². The average Bonchev–Trinajstić information content (AvgIpc) is 2.63. The Morgan fingerprint density at radius 1 is 0.885 bits per heavy atom. The van der Waals surface area contributed by atoms with Crippen LogP contribution in [0, 0.1) is 0 Å². The van der Waals surface area contributed by atoms with Gasteiger partial charge in [0.2, 0.25) is 0 Å². The minimum absolute atomic E-state index is 0.198. The summed E-state index contributed by atoms with van der Waals surface area (Å²) in [6.45, 7) is 10.3. The van der Waals surface area contributed by atoms with Crippen LogP contribution in [-0.2, 0) is 9.47 Å². The second kappa shape index (κ2) is 19.9. The lowest BCUT2D eigenvalue weighted by Crippen LogP contribution is -2.36. The molecule has 0 heterocycles. The molecule has 5 heteroatoms. The highest BCUT2D eigenvalue weighted by molar-refractivity contribution is 8.10. The molecule has 0 saturated heterocycles. The second-order valence-electron chi connectivity index (χ2n) is 7.01. The van der Waals surface area contributed by atoms with Crippen LogP contribution in [0.2, 0.25) is 0 Å². The molecule has 0 aromatic rings. The Kier molecular flexibility index (Phi) is 20.0. The van der Waals surface area contributed by atoms with E-state index in [0.29, 0.717) is 17.5 Å². The number of rotatable bonds is 19. The van der Waals surface area contributed by atoms with Gasteiger partial charge in [0.25, 0.3) is 0 Å². The van der Waals surface area contributed by atoms with Crippen molar-refractivity contribution in [2.45, 2.75) is 97.5 Å². The van der Waals surface area contributed by atoms with E-state index in [1.807, 2.05) is 6.92 Å². The van der Waals surface area contributed by atoms with Gasteiger partial charge >= 0.3 is 0 Å². The molecule has 0 aliphatic rings. The third kappa shape index (κ3) is 16.3. The molecule has 0 aliphatic carbocycles. The normalized spacial score (nSPS) is 12.3. The summed E-state index contributed by atoms with van der Waals surface area (Å²) >= 11 is 9.72. The van der Waals surface area contributed by atoms with Crippen molar-refractivity contribution in [1.29, 1.82) is 0 Å². The van der Waals surface area contributed by atoms with Gasteiger partial charge in [0.15, 0.2) is 0 Å². The van der Waals surface area contributed by atoms with E-state index in [-0.39, 0.29) is 6.10 Å². The molecule has 0 fully saturated rings. The molecule has 156 valence electrons. The molecule has 1 unspecified atom stereocenters. The third-order valence-corrected chi connectivity index (χ3v) is 5.26. The van der Waals surface area contributed by atoms with Crippen LogP contribution in [0.3, 0.4) is 0 Å². The number of nitrogens with zero attached hydrogens (tertiary/aromatic N) is 1. The van der Waals surface area contributed by atoms with Gasteiger partial charge in [-0.2, -0.15) is 0 Å². The summed E-state index contributed by atoms with van der Waals surface area (Å²) in [5, 5.41) is 0. The Balaban J connectivity index is 3.79. The maximum Gasteiger partial charge on any atom is 0.133 e. The standard InChI is InChI=1S/C21H43NO2S2/c1-4-7-8-9-10-11-12-13-14-15-16-22(21(25)26)19-20(5-2)24-18-17-23-6-3/h20H,4-19H2,1-3H3,(H,25,26). The van der Waals surface area contributed by atoms with Crippen molar-refractivity contribution in [3.8, 4) is 0 Å². The zero-order valence-corrected chi connectivity index (χ0v) is 19.2. The summed E-state index contributed by atoms with van der Waals surface area (Å²) in [4.78, 5) is 2.19. The van der Waals surface area contributed by atoms with Crippen molar-refractivity contribution < 1.29 is 9.47 Å². The fourth-order valence-corrected chi connectivity index (χ4v) is 3.37. The first kappa shape index (κ1) is 26.2. The van der Waals surface area contributed by atoms with Gasteiger partial charge in [-0.05, 0) is 19.8 Å². The molecule has 0 amide bonds. The largest absolute Gasteiger partial charge is 0.379 e. The first-order valence-corrected chi connectivity index (χ1v) is 11.7. The predicted octanol–water partition coefficient (Wildman–Crippen LogP) is 6.26. The average molecular weight is 406 g/mol. The molecule has 3 nitrogen and oxygen atoms in total. The van der Waals surface area contributed by atoms with Crippen LogP contribution in [0.15, 0.2) is 0 Å². The van der Waals surface area contributed by atoms with Crippen molar-refractivity contribution in [3.63, 3.8) is 0 Å². The van der Waals surface area contributed by atoms with Crippen LogP contribution in [0.5, 0.6) is 0 Å². The van der Waals surface area contributed by atoms with Gasteiger partial charge in [0, 0.05) is 19.7 Å². The zero-order chi connectivity index (χ0) is 19.5. The van der Waals surface area contributed by atoms with Crippen LogP contribution in [0.4, 0.5) is 0 Å². The molecule has 0 aromatic carbocycles. The van der Waals surface area contributed by atoms with Crippen LogP contribution in [-0.4, -0.2) is 48.2 Å². The lowest BCUT2D eigenvalue weighted by Gasteiger charge is -2.27. The molecular weight excluding hydrogens is 362 g/mol. The lowest BCUT2D eigenvalue weighted by atomic mass is 10.1. The summed E-state index contributed by atoms with van der Waals surface area (Å²) in [6, 6.07) is 0. The predicted molar refractivity (Wildman–Crippen MR) is 122 cm³/mol. The van der Waals surface area contributed by atoms with Crippen LogP contribution >= 0.6 is 24.8 Å². The number of ether oxygens (including phenoxy) is 2. The molecule has 0 aliphatic heterocycles. The van der Waals surface area contributed by atoms with Crippen LogP contribution in [0.1, 0.15) is 91.4 Å². The van der Waals surface area contributed by atoms with Gasteiger partial charge in [-0.1, -0.05) is 83.9 Å². The second-order valence-corrected chi connectivity index (χ2v) is 8.12. The SMILES string of the molecule is CCCCCCCCCCCCN(CC(CC)OCCOCC)C(=S)S. The smallest absolute Gasteiger partial charge is 0.133 e. The minimum atomic E-state index is 0.198. The zero-order valence-electron chi connectivity index (χ0n) is 17.5. The Bertz CT molecular complexity index is 316. The molecule has 0 bridgehead atoms. The van der Waals surface area contributed by atoms with E-state index in [2.05, 4.69) is 31.4 Å². The van der Waals surface area contributed by atoms with Gasteiger partial charge < -0.3 is 14.4 Å². The molecule has 0 radical (unpaired) electrons. The Morgan fingerprint density at radius 2 is 1.46 bits per heavy atom. The van der Waals surface area contributed by atoms with Crippen LogP contribution < -0.4 is 0 Å². The molecule has 0 N–H and O–H groups in total. The highest BCUT2D eigenvalue weighted by atomic mass is 32.1. The summed E-state index contributed by atoms with van der Waals surface area (Å²) in [7, 11) is 0. The maximum atomic E-state index is 5.91. The summed E-state index contributed by atoms with van der Waals surface area (Å²) in [5.41, 5.74) is 0. The van der Waals surface area contributed by atoms with E-state index in [1.54, 1.807) is 0 Å². The van der Waals surface area contributed by atoms with Crippen molar-refractivity contribution in [2.24, 2.45) is 0 Å². The number of hydrogen-bond donors (Lipinski definition) is 1. The quantitative estimate of drug-likeness (QED) is 0.156. The maximum absolute atomic E-state index is 5.91. The van der Waals surface area contributed by atoms with Crippen molar-refractivity contribution in [3.05, 3.63) is 0 Å². The van der Waals surface area contributed by atoms with Gasteiger partial charge in [-0.3, -0.25) is 0 Å². The fraction of sp³-hybridized carbons (Fsp3) is 0.952. The molecule has 0 saturated carbocycles. The van der Waals surface area contributed by atoms with E-state index in [1.165, 1.54) is 64.2 Å². The highest BCUT2D eigenvalue weighted by Gasteiger charge is 2.14. The summed E-state index contributed by atoms with van der Waals surface area (Å²) in [6.07, 6.45) is 14.7. The van der Waals surface area contributed by atoms with Crippen molar-refractivity contribution in [1.82, 2.24) is 4.90 Å². The van der Waals surface area contributed by atoms with E-state index >= 15 is 0 Å². The van der Waals surface area contributed by atoms with Gasteiger partial charge in [-0.25, -0.2) is 0 Å². The van der Waals surface area contributed by atoms with Gasteiger partial charge in [0.1, 0.15) is 4.32 Å². The number of unbranched alkanes of at least 4 members (excludes halogenated alkanes) is 9. The van der Waals surface area contributed by atoms with E-state index in [4.69, 9.17) is 21.7 Å². The Labute approximate surface area is 174 Å². The minimum Gasteiger partial charge on any atom is -0.379 e. The number of thiol groups is 1. The van der Waals surface area contributed by atoms with E-state index < -0.39 is 0 Å². The van der Waals surface area contributed by atoms with Crippen molar-refractivity contribution >= 4 is 29.2 Å². The third-order valence-electron chi connectivity index (χ3n) is 4.72. The Hall–Kier alpha value is 0.160. The lowest BCUT2D eigenvalue weighted by molar-refractivity contribution is -0.00173. The molecule has 0 aromatic heterocycles. The van der Waals surface area contributed by atoms with E-state index in [0.717, 1.165) is 26.1 Å². The molecular formula is C21H43NO2S2. The monoisotopic (exact) mass is 405 g/mol. The molecule has 1 atom stereocenters. The van der Waals surface area contributed by atoms with Gasteiger partial charge in [0.05, 0.1) is 19.3 Å². The topological polar surface area (TPSA) is 21.7 Å². The first-order valence-electron chi connectivity index (χ1n) is 10.8. The van der Waals surface area contributed by atoms with Crippen LogP contribution in [0.25, 0.3) is 0 Å². The first-order chi connectivity index (χ1) is 12.7. The number of hydrogen-bond acceptors (Lipinski definition) is 3. The molecule has 26 heavy (non-hydrogen) atoms. The fourth-order valence-electron chi connectivity index (χ4n) is 3.02. The molecule has 0 rings (SSSR count). The Morgan fingerprint density at radius 3 is 1.96 bits per heavy atom. The number of thiocarbonyl (C=S) groups is 1. The summed E-state index contributed by atoms with van der Waals surface area (Å²) in [5.74, 6) is 0.